The van der Waals surface area contributed by atoms with Crippen LogP contribution >= 0.6 is 11.3 Å². The van der Waals surface area contributed by atoms with Crippen LogP contribution in [0.2, 0.25) is 0 Å². The van der Waals surface area contributed by atoms with Gasteiger partial charge in [-0.2, -0.15) is 0 Å². The van der Waals surface area contributed by atoms with E-state index in [2.05, 4.69) is 28.8 Å². The van der Waals surface area contributed by atoms with Crippen molar-refractivity contribution in [3.8, 4) is 16.3 Å². The Labute approximate surface area is 224 Å². The molecule has 196 valence electrons. The molecule has 2 amide bonds. The number of benzene rings is 1. The fourth-order valence-electron chi connectivity index (χ4n) is 4.57. The van der Waals surface area contributed by atoms with Gasteiger partial charge >= 0.3 is 0 Å². The van der Waals surface area contributed by atoms with Gasteiger partial charge in [0.2, 0.25) is 0 Å². The number of hydrogen-bond donors (Lipinski definition) is 1. The lowest BCUT2D eigenvalue weighted by molar-refractivity contribution is -0.127. The molecule has 1 aliphatic heterocycles. The Morgan fingerprint density at radius 3 is 2.45 bits per heavy atom. The summed E-state index contributed by atoms with van der Waals surface area (Å²) in [6.45, 7) is 5.55. The lowest BCUT2D eigenvalue weighted by Crippen LogP contribution is -2.52. The maximum atomic E-state index is 13.4. The summed E-state index contributed by atoms with van der Waals surface area (Å²) in [6, 6.07) is 9.05. The number of piperazine rings is 1. The summed E-state index contributed by atoms with van der Waals surface area (Å²) in [5, 5.41) is 1.54. The molecule has 1 aliphatic rings. The molecule has 0 spiro atoms. The smallest absolute Gasteiger partial charge is 0.295 e. The van der Waals surface area contributed by atoms with Crippen molar-refractivity contribution < 1.29 is 19.1 Å². The van der Waals surface area contributed by atoms with Gasteiger partial charge in [-0.25, -0.2) is 9.97 Å². The minimum absolute atomic E-state index is 0.0787. The predicted octanol–water partition coefficient (Wildman–Crippen LogP) is 4.38. The van der Waals surface area contributed by atoms with Crippen molar-refractivity contribution in [3.63, 3.8) is 0 Å². The van der Waals surface area contributed by atoms with Gasteiger partial charge < -0.3 is 19.5 Å². The van der Waals surface area contributed by atoms with E-state index in [1.807, 2.05) is 18.2 Å². The van der Waals surface area contributed by atoms with E-state index in [1.54, 1.807) is 47.0 Å². The van der Waals surface area contributed by atoms with Crippen LogP contribution in [-0.4, -0.2) is 75.6 Å². The second-order valence-electron chi connectivity index (χ2n) is 9.28. The number of amides is 2. The topological polar surface area (TPSA) is 108 Å². The third-order valence-electron chi connectivity index (χ3n) is 7.00. The number of aromatic nitrogens is 3. The van der Waals surface area contributed by atoms with Gasteiger partial charge in [0.1, 0.15) is 11.4 Å². The van der Waals surface area contributed by atoms with E-state index in [4.69, 9.17) is 4.74 Å². The number of rotatable bonds is 7. The summed E-state index contributed by atoms with van der Waals surface area (Å²) in [5.41, 5.74) is 2.13. The maximum absolute atomic E-state index is 13.4. The molecule has 1 atom stereocenters. The number of methoxy groups -OCH3 is 1. The molecule has 4 heterocycles. The normalized spacial score (nSPS) is 14.5. The molecule has 38 heavy (non-hydrogen) atoms. The number of ether oxygens (including phenoxy) is 1. The highest BCUT2D eigenvalue weighted by molar-refractivity contribution is 7.15. The van der Waals surface area contributed by atoms with E-state index in [0.717, 1.165) is 16.3 Å². The molecule has 1 fully saturated rings. The Morgan fingerprint density at radius 2 is 1.76 bits per heavy atom. The maximum Gasteiger partial charge on any atom is 0.295 e. The molecule has 0 radical (unpaired) electrons. The molecule has 0 aliphatic carbocycles. The highest BCUT2D eigenvalue weighted by atomic mass is 32.1. The molecule has 3 aromatic heterocycles. The highest BCUT2D eigenvalue weighted by Gasteiger charge is 2.31. The molecule has 1 unspecified atom stereocenters. The van der Waals surface area contributed by atoms with Crippen LogP contribution in [0.1, 0.15) is 51.9 Å². The molecule has 1 saturated heterocycles. The SMILES string of the molecule is CCC(C)c1ncc(-c2ncc(OC)c3c(C(=O)C(=O)N4CCN(C(=O)c5ccccc5)CC4)c[nH]c23)s1. The second-order valence-corrected chi connectivity index (χ2v) is 10.3. The number of Topliss-reactive ketones (excluding diaryl/α,β-unsaturated/α-hetero) is 1. The van der Waals surface area contributed by atoms with E-state index in [0.29, 0.717) is 46.9 Å². The average Bonchev–Trinajstić information content (AvgIpc) is 3.64. The zero-order valence-corrected chi connectivity index (χ0v) is 22.4. The monoisotopic (exact) mass is 531 g/mol. The third-order valence-corrected chi connectivity index (χ3v) is 8.23. The lowest BCUT2D eigenvalue weighted by atomic mass is 10.1. The van der Waals surface area contributed by atoms with E-state index in [-0.39, 0.29) is 24.6 Å². The Bertz CT molecular complexity index is 1490. The van der Waals surface area contributed by atoms with Gasteiger partial charge in [-0.05, 0) is 18.6 Å². The van der Waals surface area contributed by atoms with Crippen molar-refractivity contribution >= 4 is 39.8 Å². The molecule has 1 N–H and O–H groups in total. The Kier molecular flexibility index (Phi) is 7.24. The molecule has 1 aromatic carbocycles. The number of carbonyl (C=O) groups is 3. The number of carbonyl (C=O) groups excluding carboxylic acids is 3. The van der Waals surface area contributed by atoms with Crippen LogP contribution in [0.4, 0.5) is 0 Å². The number of thiazole rings is 1. The zero-order valence-electron chi connectivity index (χ0n) is 21.6. The summed E-state index contributed by atoms with van der Waals surface area (Å²) >= 11 is 1.57. The molecular formula is C28H29N5O4S. The minimum atomic E-state index is -0.626. The van der Waals surface area contributed by atoms with Gasteiger partial charge in [0.05, 0.1) is 39.7 Å². The van der Waals surface area contributed by atoms with E-state index in [9.17, 15) is 14.4 Å². The zero-order chi connectivity index (χ0) is 26.8. The first-order valence-electron chi connectivity index (χ1n) is 12.6. The van der Waals surface area contributed by atoms with E-state index in [1.165, 1.54) is 12.0 Å². The number of pyridine rings is 1. The van der Waals surface area contributed by atoms with Crippen LogP contribution in [0.3, 0.4) is 0 Å². The first-order valence-corrected chi connectivity index (χ1v) is 13.4. The van der Waals surface area contributed by atoms with Gasteiger partial charge in [-0.1, -0.05) is 32.0 Å². The van der Waals surface area contributed by atoms with Gasteiger partial charge in [-0.3, -0.25) is 14.4 Å². The van der Waals surface area contributed by atoms with Crippen LogP contribution in [0, 0.1) is 0 Å². The van der Waals surface area contributed by atoms with Crippen molar-refractivity contribution in [2.45, 2.75) is 26.2 Å². The van der Waals surface area contributed by atoms with Crippen molar-refractivity contribution in [3.05, 3.63) is 65.1 Å². The number of ketones is 1. The number of H-pyrrole nitrogens is 1. The fourth-order valence-corrected chi connectivity index (χ4v) is 5.63. The summed E-state index contributed by atoms with van der Waals surface area (Å²) in [5.74, 6) is -0.561. The van der Waals surface area contributed by atoms with Crippen LogP contribution in [0.15, 0.2) is 48.9 Å². The fraction of sp³-hybridized carbons (Fsp3) is 0.321. The molecule has 9 nitrogen and oxygen atoms in total. The first-order chi connectivity index (χ1) is 18.4. The van der Waals surface area contributed by atoms with E-state index < -0.39 is 11.7 Å². The molecule has 5 rings (SSSR count). The Hall–Kier alpha value is -4.05. The number of aromatic amines is 1. The largest absolute Gasteiger partial charge is 0.494 e. The summed E-state index contributed by atoms with van der Waals surface area (Å²) < 4.78 is 5.52. The van der Waals surface area contributed by atoms with Gasteiger partial charge in [0, 0.05) is 50.1 Å². The first kappa shape index (κ1) is 25.6. The predicted molar refractivity (Wildman–Crippen MR) is 146 cm³/mol. The number of nitrogens with zero attached hydrogens (tertiary/aromatic N) is 4. The third kappa shape index (κ3) is 4.67. The van der Waals surface area contributed by atoms with Crippen molar-refractivity contribution in [2.24, 2.45) is 0 Å². The Morgan fingerprint density at radius 1 is 1.05 bits per heavy atom. The molecule has 0 bridgehead atoms. The number of hydrogen-bond acceptors (Lipinski definition) is 7. The molecule has 4 aromatic rings. The Balaban J connectivity index is 1.37. The standard InChI is InChI=1S/C28H29N5O4S/c1-4-17(2)26-31-16-21(38-26)23-24-22(20(37-3)15-30-23)19(14-29-24)25(34)28(36)33-12-10-32(11-13-33)27(35)18-8-6-5-7-9-18/h5-9,14-17,29H,4,10-13H2,1-3H3. The summed E-state index contributed by atoms with van der Waals surface area (Å²) in [7, 11) is 1.51. The van der Waals surface area contributed by atoms with Gasteiger partial charge in [-0.15, -0.1) is 11.3 Å². The van der Waals surface area contributed by atoms with E-state index >= 15 is 0 Å². The highest BCUT2D eigenvalue weighted by Crippen LogP contribution is 2.38. The molecule has 10 heteroatoms. The minimum Gasteiger partial charge on any atom is -0.494 e. The van der Waals surface area contributed by atoms with Crippen molar-refractivity contribution in [1.82, 2.24) is 24.8 Å². The van der Waals surface area contributed by atoms with Crippen molar-refractivity contribution in [2.75, 3.05) is 33.3 Å². The van der Waals surface area contributed by atoms with Crippen molar-refractivity contribution in [1.29, 1.82) is 0 Å². The molecule has 0 saturated carbocycles. The van der Waals surface area contributed by atoms with Gasteiger partial charge in [0.25, 0.3) is 17.6 Å². The van der Waals surface area contributed by atoms with Crippen LogP contribution in [0.5, 0.6) is 5.75 Å². The van der Waals surface area contributed by atoms with Gasteiger partial charge in [0.15, 0.2) is 0 Å². The van der Waals surface area contributed by atoms with Crippen LogP contribution < -0.4 is 4.74 Å². The number of fused-ring (bicyclic) bond motifs is 1. The van der Waals surface area contributed by atoms with Crippen LogP contribution in [-0.2, 0) is 4.79 Å². The second kappa shape index (κ2) is 10.7. The summed E-state index contributed by atoms with van der Waals surface area (Å²) in [6.07, 6.45) is 5.90. The number of nitrogens with one attached hydrogen (secondary N) is 1. The quantitative estimate of drug-likeness (QED) is 0.280. The van der Waals surface area contributed by atoms with Crippen LogP contribution in [0.25, 0.3) is 21.5 Å². The average molecular weight is 532 g/mol. The molecular weight excluding hydrogens is 502 g/mol. The summed E-state index contributed by atoms with van der Waals surface area (Å²) in [4.78, 5) is 55.8. The lowest BCUT2D eigenvalue weighted by Gasteiger charge is -2.34.